The van der Waals surface area contributed by atoms with Crippen LogP contribution in [0.15, 0.2) is 54.7 Å². The van der Waals surface area contributed by atoms with Gasteiger partial charge in [0.1, 0.15) is 11.6 Å². The standard InChI is InChI=1S/C24H25N5O2/c1-28-10-12-29(13-11-28)17-6-7-20-21(15-17)27-23(26-20)19-14-16(5-8-22(19)30)18-4-3-9-25-24(18)31-2/h3-9,14-15,30H,10-13H2,1-2H3,(H,26,27). The van der Waals surface area contributed by atoms with E-state index in [9.17, 15) is 5.11 Å². The van der Waals surface area contributed by atoms with Gasteiger partial charge >= 0.3 is 0 Å². The Morgan fingerprint density at radius 2 is 1.84 bits per heavy atom. The number of fused-ring (bicyclic) bond motifs is 1. The molecule has 5 rings (SSSR count). The molecule has 7 nitrogen and oxygen atoms in total. The van der Waals surface area contributed by atoms with E-state index in [0.29, 0.717) is 17.3 Å². The highest BCUT2D eigenvalue weighted by Crippen LogP contribution is 2.36. The number of phenols is 1. The maximum absolute atomic E-state index is 10.6. The van der Waals surface area contributed by atoms with Gasteiger partial charge in [-0.15, -0.1) is 0 Å². The van der Waals surface area contributed by atoms with Crippen LogP contribution in [0.3, 0.4) is 0 Å². The van der Waals surface area contributed by atoms with Crippen LogP contribution in [0.1, 0.15) is 0 Å². The zero-order chi connectivity index (χ0) is 21.4. The number of hydrogen-bond donors (Lipinski definition) is 2. The molecule has 0 amide bonds. The van der Waals surface area contributed by atoms with Gasteiger partial charge in [-0.05, 0) is 55.1 Å². The molecule has 0 radical (unpaired) electrons. The van der Waals surface area contributed by atoms with Gasteiger partial charge in [0.05, 0.1) is 23.7 Å². The quantitative estimate of drug-likeness (QED) is 0.529. The van der Waals surface area contributed by atoms with Crippen LogP contribution < -0.4 is 9.64 Å². The first-order valence-electron chi connectivity index (χ1n) is 10.4. The number of aromatic hydroxyl groups is 1. The number of ether oxygens (including phenoxy) is 1. The number of hydrogen-bond acceptors (Lipinski definition) is 6. The molecule has 2 aromatic heterocycles. The molecule has 31 heavy (non-hydrogen) atoms. The lowest BCUT2D eigenvalue weighted by molar-refractivity contribution is 0.313. The summed E-state index contributed by atoms with van der Waals surface area (Å²) in [7, 11) is 3.76. The molecule has 4 aromatic rings. The molecule has 2 aromatic carbocycles. The number of aromatic amines is 1. The van der Waals surface area contributed by atoms with Crippen molar-refractivity contribution in [2.75, 3.05) is 45.2 Å². The van der Waals surface area contributed by atoms with Crippen molar-refractivity contribution >= 4 is 16.7 Å². The van der Waals surface area contributed by atoms with Gasteiger partial charge in [-0.3, -0.25) is 0 Å². The predicted octanol–water partition coefficient (Wildman–Crippen LogP) is 3.76. The lowest BCUT2D eigenvalue weighted by atomic mass is 10.0. The third-order valence-corrected chi connectivity index (χ3v) is 5.86. The van der Waals surface area contributed by atoms with Crippen molar-refractivity contribution in [2.24, 2.45) is 0 Å². The van der Waals surface area contributed by atoms with Crippen molar-refractivity contribution in [3.63, 3.8) is 0 Å². The van der Waals surface area contributed by atoms with Crippen LogP contribution in [0.2, 0.25) is 0 Å². The summed E-state index contributed by atoms with van der Waals surface area (Å²) in [5, 5.41) is 10.6. The molecule has 7 heteroatoms. The number of rotatable bonds is 4. The van der Waals surface area contributed by atoms with Gasteiger partial charge in [0.2, 0.25) is 5.88 Å². The number of nitrogens with one attached hydrogen (secondary N) is 1. The van der Waals surface area contributed by atoms with Gasteiger partial charge in [0.15, 0.2) is 0 Å². The zero-order valence-corrected chi connectivity index (χ0v) is 17.7. The third kappa shape index (κ3) is 3.68. The van der Waals surface area contributed by atoms with Crippen molar-refractivity contribution < 1.29 is 9.84 Å². The fourth-order valence-electron chi connectivity index (χ4n) is 4.05. The molecule has 0 bridgehead atoms. The number of benzene rings is 2. The van der Waals surface area contributed by atoms with Crippen LogP contribution in [0, 0.1) is 0 Å². The maximum atomic E-state index is 10.6. The van der Waals surface area contributed by atoms with Crippen molar-refractivity contribution in [2.45, 2.75) is 0 Å². The van der Waals surface area contributed by atoms with Crippen molar-refractivity contribution in [3.8, 4) is 34.1 Å². The maximum Gasteiger partial charge on any atom is 0.221 e. The smallest absolute Gasteiger partial charge is 0.221 e. The lowest BCUT2D eigenvalue weighted by Gasteiger charge is -2.34. The first-order valence-corrected chi connectivity index (χ1v) is 10.4. The van der Waals surface area contributed by atoms with E-state index in [4.69, 9.17) is 9.72 Å². The minimum Gasteiger partial charge on any atom is -0.507 e. The van der Waals surface area contributed by atoms with Gasteiger partial charge in [-0.25, -0.2) is 9.97 Å². The predicted molar refractivity (Wildman–Crippen MR) is 123 cm³/mol. The minimum atomic E-state index is 0.171. The summed E-state index contributed by atoms with van der Waals surface area (Å²) in [5.41, 5.74) is 5.41. The van der Waals surface area contributed by atoms with E-state index >= 15 is 0 Å². The van der Waals surface area contributed by atoms with Crippen LogP contribution >= 0.6 is 0 Å². The molecule has 1 aliphatic rings. The number of imidazole rings is 1. The zero-order valence-electron chi connectivity index (χ0n) is 17.7. The number of pyridine rings is 1. The first kappa shape index (κ1) is 19.4. The molecule has 158 valence electrons. The van der Waals surface area contributed by atoms with Crippen LogP contribution in [-0.2, 0) is 0 Å². The Kier molecular flexibility index (Phi) is 4.95. The second-order valence-electron chi connectivity index (χ2n) is 7.87. The largest absolute Gasteiger partial charge is 0.507 e. The molecule has 0 unspecified atom stereocenters. The van der Waals surface area contributed by atoms with Gasteiger partial charge in [0, 0.05) is 43.6 Å². The van der Waals surface area contributed by atoms with E-state index in [0.717, 1.165) is 48.3 Å². The SMILES string of the molecule is COc1ncccc1-c1ccc(O)c(-c2nc3ccc(N4CCN(C)CC4)cc3[nH]2)c1. The molecule has 1 saturated heterocycles. The number of nitrogens with zero attached hydrogens (tertiary/aromatic N) is 4. The highest BCUT2D eigenvalue weighted by molar-refractivity contribution is 5.85. The number of aromatic nitrogens is 3. The fraction of sp³-hybridized carbons (Fsp3) is 0.250. The van der Waals surface area contributed by atoms with Crippen molar-refractivity contribution in [1.82, 2.24) is 19.9 Å². The summed E-state index contributed by atoms with van der Waals surface area (Å²) in [4.78, 5) is 17.1. The highest BCUT2D eigenvalue weighted by Gasteiger charge is 2.17. The molecule has 0 atom stereocenters. The second-order valence-corrected chi connectivity index (χ2v) is 7.87. The Morgan fingerprint density at radius 1 is 1.00 bits per heavy atom. The van der Waals surface area contributed by atoms with Crippen LogP contribution in [0.25, 0.3) is 33.5 Å². The average molecular weight is 415 g/mol. The van der Waals surface area contributed by atoms with E-state index in [-0.39, 0.29) is 5.75 Å². The Bertz CT molecular complexity index is 1230. The average Bonchev–Trinajstić information content (AvgIpc) is 3.23. The Balaban J connectivity index is 1.52. The summed E-state index contributed by atoms with van der Waals surface area (Å²) in [6, 6.07) is 15.6. The van der Waals surface area contributed by atoms with E-state index in [1.807, 2.05) is 30.3 Å². The molecule has 3 heterocycles. The molecule has 1 fully saturated rings. The van der Waals surface area contributed by atoms with Gasteiger partial charge in [0.25, 0.3) is 0 Å². The van der Waals surface area contributed by atoms with Crippen molar-refractivity contribution in [1.29, 1.82) is 0 Å². The monoisotopic (exact) mass is 415 g/mol. The third-order valence-electron chi connectivity index (χ3n) is 5.86. The van der Waals surface area contributed by atoms with E-state index in [1.54, 1.807) is 19.4 Å². The number of methoxy groups -OCH3 is 1. The summed E-state index contributed by atoms with van der Waals surface area (Å²) in [6.07, 6.45) is 1.70. The number of anilines is 1. The number of likely N-dealkylation sites (N-methyl/N-ethyl adjacent to an activating group) is 1. The number of phenolic OH excluding ortho intramolecular Hbond substituents is 1. The molecular weight excluding hydrogens is 390 g/mol. The number of piperazine rings is 1. The molecule has 2 N–H and O–H groups in total. The molecule has 0 spiro atoms. The molecule has 0 saturated carbocycles. The Morgan fingerprint density at radius 3 is 2.65 bits per heavy atom. The van der Waals surface area contributed by atoms with Gasteiger partial charge in [-0.1, -0.05) is 6.07 Å². The van der Waals surface area contributed by atoms with E-state index < -0.39 is 0 Å². The van der Waals surface area contributed by atoms with Crippen LogP contribution in [0.4, 0.5) is 5.69 Å². The minimum absolute atomic E-state index is 0.171. The first-order chi connectivity index (χ1) is 15.1. The normalized spacial score (nSPS) is 14.8. The Labute approximate surface area is 180 Å². The van der Waals surface area contributed by atoms with Gasteiger partial charge in [-0.2, -0.15) is 0 Å². The fourth-order valence-corrected chi connectivity index (χ4v) is 4.05. The molecule has 1 aliphatic heterocycles. The van der Waals surface area contributed by atoms with Crippen LogP contribution in [-0.4, -0.2) is 65.3 Å². The Hall–Kier alpha value is -3.58. The summed E-state index contributed by atoms with van der Waals surface area (Å²) < 4.78 is 5.40. The second kappa shape index (κ2) is 7.92. The topological polar surface area (TPSA) is 77.5 Å². The number of H-pyrrole nitrogens is 1. The molecular formula is C24H25N5O2. The van der Waals surface area contributed by atoms with E-state index in [2.05, 4.69) is 38.9 Å². The van der Waals surface area contributed by atoms with Gasteiger partial charge < -0.3 is 24.6 Å². The van der Waals surface area contributed by atoms with Crippen LogP contribution in [0.5, 0.6) is 11.6 Å². The lowest BCUT2D eigenvalue weighted by Crippen LogP contribution is -2.44. The van der Waals surface area contributed by atoms with Crippen molar-refractivity contribution in [3.05, 3.63) is 54.7 Å². The summed E-state index contributed by atoms with van der Waals surface area (Å²) >= 11 is 0. The summed E-state index contributed by atoms with van der Waals surface area (Å²) in [6.45, 7) is 4.15. The summed E-state index contributed by atoms with van der Waals surface area (Å²) in [5.74, 6) is 1.35. The molecule has 0 aliphatic carbocycles. The highest BCUT2D eigenvalue weighted by atomic mass is 16.5. The van der Waals surface area contributed by atoms with E-state index in [1.165, 1.54) is 5.69 Å².